The third-order valence-electron chi connectivity index (χ3n) is 2.10. The van der Waals surface area contributed by atoms with Crippen molar-refractivity contribution in [3.8, 4) is 0 Å². The lowest BCUT2D eigenvalue weighted by Gasteiger charge is -2.20. The number of primary amides is 1. The van der Waals surface area contributed by atoms with E-state index in [0.29, 0.717) is 0 Å². The molecule has 0 aromatic heterocycles. The van der Waals surface area contributed by atoms with Crippen molar-refractivity contribution in [2.75, 3.05) is 0 Å². The molecule has 7 heteroatoms. The molecule has 0 aliphatic rings. The van der Waals surface area contributed by atoms with E-state index in [9.17, 15) is 14.4 Å². The first-order valence-electron chi connectivity index (χ1n) is 5.32. The maximum absolute atomic E-state index is 11.4. The molecule has 0 aromatic rings. The van der Waals surface area contributed by atoms with Gasteiger partial charge in [-0.1, -0.05) is 13.8 Å². The number of rotatable bonds is 6. The summed E-state index contributed by atoms with van der Waals surface area (Å²) in [6.07, 6.45) is 0.00678. The number of hydrogen-bond acceptors (Lipinski definition) is 3. The molecule has 0 saturated heterocycles. The number of amides is 3. The highest BCUT2D eigenvalue weighted by Crippen LogP contribution is 2.01. The number of carboxylic acid groups (broad SMARTS) is 1. The number of hydrogen-bond donors (Lipinski definition) is 4. The van der Waals surface area contributed by atoms with Crippen molar-refractivity contribution in [2.45, 2.75) is 39.3 Å². The summed E-state index contributed by atoms with van der Waals surface area (Å²) in [5.74, 6) is -1.86. The van der Waals surface area contributed by atoms with Gasteiger partial charge in [-0.05, 0) is 12.8 Å². The van der Waals surface area contributed by atoms with Crippen molar-refractivity contribution in [1.29, 1.82) is 0 Å². The highest BCUT2D eigenvalue weighted by molar-refractivity contribution is 5.83. The monoisotopic (exact) mass is 245 g/mol. The second kappa shape index (κ2) is 6.72. The van der Waals surface area contributed by atoms with E-state index in [1.165, 1.54) is 0 Å². The molecule has 0 aliphatic carbocycles. The fourth-order valence-corrected chi connectivity index (χ4v) is 1.27. The van der Waals surface area contributed by atoms with Gasteiger partial charge in [0, 0.05) is 12.5 Å². The van der Waals surface area contributed by atoms with Crippen LogP contribution in [0.15, 0.2) is 0 Å². The van der Waals surface area contributed by atoms with Crippen LogP contribution in [0.2, 0.25) is 0 Å². The highest BCUT2D eigenvalue weighted by atomic mass is 16.4. The van der Waals surface area contributed by atoms with Crippen LogP contribution in [0, 0.1) is 5.92 Å². The third-order valence-corrected chi connectivity index (χ3v) is 2.10. The fraction of sp³-hybridized carbons (Fsp3) is 0.700. The smallest absolute Gasteiger partial charge is 0.326 e. The maximum atomic E-state index is 11.4. The van der Waals surface area contributed by atoms with Crippen molar-refractivity contribution < 1.29 is 19.5 Å². The van der Waals surface area contributed by atoms with Crippen molar-refractivity contribution in [2.24, 2.45) is 11.7 Å². The van der Waals surface area contributed by atoms with Crippen LogP contribution in [0.1, 0.15) is 27.2 Å². The van der Waals surface area contributed by atoms with Crippen molar-refractivity contribution >= 4 is 17.9 Å². The molecule has 0 bridgehead atoms. The van der Waals surface area contributed by atoms with Gasteiger partial charge in [-0.15, -0.1) is 0 Å². The largest absolute Gasteiger partial charge is 0.480 e. The lowest BCUT2D eigenvalue weighted by molar-refractivity contribution is -0.140. The summed E-state index contributed by atoms with van der Waals surface area (Å²) in [6.45, 7) is 4.98. The van der Waals surface area contributed by atoms with E-state index in [2.05, 4.69) is 10.6 Å². The Kier molecular flexibility index (Phi) is 6.01. The number of urea groups is 1. The average molecular weight is 245 g/mol. The van der Waals surface area contributed by atoms with Crippen molar-refractivity contribution in [3.05, 3.63) is 0 Å². The van der Waals surface area contributed by atoms with Crippen LogP contribution >= 0.6 is 0 Å². The predicted octanol–water partition coefficient (Wildman–Crippen LogP) is -0.341. The Hall–Kier alpha value is -1.79. The van der Waals surface area contributed by atoms with Gasteiger partial charge in [0.15, 0.2) is 0 Å². The van der Waals surface area contributed by atoms with Gasteiger partial charge < -0.3 is 21.5 Å². The molecule has 0 saturated carbocycles. The van der Waals surface area contributed by atoms with Crippen LogP contribution in [0.25, 0.3) is 0 Å². The van der Waals surface area contributed by atoms with Crippen LogP contribution < -0.4 is 16.4 Å². The summed E-state index contributed by atoms with van der Waals surface area (Å²) in [6, 6.07) is -2.02. The Labute approximate surface area is 99.7 Å². The number of carbonyl (C=O) groups is 3. The second-order valence-corrected chi connectivity index (χ2v) is 4.25. The molecule has 5 N–H and O–H groups in total. The van der Waals surface area contributed by atoms with Gasteiger partial charge >= 0.3 is 12.0 Å². The van der Waals surface area contributed by atoms with Gasteiger partial charge in [-0.2, -0.15) is 0 Å². The SMILES string of the molecule is CC(CC(N)=O)NC(=O)N[C@@H](C(=O)O)C(C)C. The van der Waals surface area contributed by atoms with Gasteiger partial charge in [0.25, 0.3) is 0 Å². The molecular formula is C10H19N3O4. The first-order valence-corrected chi connectivity index (χ1v) is 5.32. The highest BCUT2D eigenvalue weighted by Gasteiger charge is 2.23. The number of nitrogens with one attached hydrogen (secondary N) is 2. The second-order valence-electron chi connectivity index (χ2n) is 4.25. The zero-order valence-corrected chi connectivity index (χ0v) is 10.2. The van der Waals surface area contributed by atoms with Gasteiger partial charge in [0.05, 0.1) is 0 Å². The van der Waals surface area contributed by atoms with Crippen LogP contribution in [0.5, 0.6) is 0 Å². The minimum Gasteiger partial charge on any atom is -0.480 e. The fourth-order valence-electron chi connectivity index (χ4n) is 1.27. The van der Waals surface area contributed by atoms with Gasteiger partial charge in [0.2, 0.25) is 5.91 Å². The van der Waals surface area contributed by atoms with Crippen LogP contribution in [0.4, 0.5) is 4.79 Å². The van der Waals surface area contributed by atoms with Crippen molar-refractivity contribution in [1.82, 2.24) is 10.6 Å². The van der Waals surface area contributed by atoms with E-state index in [0.717, 1.165) is 0 Å². The Morgan fingerprint density at radius 2 is 1.71 bits per heavy atom. The zero-order chi connectivity index (χ0) is 13.6. The Morgan fingerprint density at radius 1 is 1.18 bits per heavy atom. The normalized spacial score (nSPS) is 13.9. The van der Waals surface area contributed by atoms with Crippen molar-refractivity contribution in [3.63, 3.8) is 0 Å². The van der Waals surface area contributed by atoms with Crippen LogP contribution in [-0.2, 0) is 9.59 Å². The maximum Gasteiger partial charge on any atom is 0.326 e. The molecule has 0 spiro atoms. The molecule has 3 amide bonds. The topological polar surface area (TPSA) is 122 Å². The first kappa shape index (κ1) is 15.2. The van der Waals surface area contributed by atoms with Gasteiger partial charge in [-0.25, -0.2) is 9.59 Å². The third kappa shape index (κ3) is 6.39. The number of nitrogens with two attached hydrogens (primary N) is 1. The predicted molar refractivity (Wildman–Crippen MR) is 61.2 cm³/mol. The van der Waals surface area contributed by atoms with E-state index in [1.807, 2.05) is 0 Å². The molecule has 0 heterocycles. The first-order chi connectivity index (χ1) is 7.73. The molecule has 0 aliphatic heterocycles. The average Bonchev–Trinajstić information content (AvgIpc) is 2.11. The molecule has 2 atom stereocenters. The van der Waals surface area contributed by atoms with E-state index in [4.69, 9.17) is 10.8 Å². The summed E-state index contributed by atoms with van der Waals surface area (Å²) < 4.78 is 0. The molecule has 0 fully saturated rings. The van der Waals surface area contributed by atoms with Crippen LogP contribution in [-0.4, -0.2) is 35.1 Å². The molecular weight excluding hydrogens is 226 g/mol. The summed E-state index contributed by atoms with van der Waals surface area (Å²) in [7, 11) is 0. The Bertz CT molecular complexity index is 304. The summed E-state index contributed by atoms with van der Waals surface area (Å²) in [4.78, 5) is 32.8. The molecule has 98 valence electrons. The molecule has 0 radical (unpaired) electrons. The molecule has 1 unspecified atom stereocenters. The number of aliphatic carboxylic acids is 1. The lowest BCUT2D eigenvalue weighted by atomic mass is 10.1. The standard InChI is InChI=1S/C10H19N3O4/c1-5(2)8(9(15)16)13-10(17)12-6(3)4-7(11)14/h5-6,8H,4H2,1-3H3,(H2,11,14)(H,15,16)(H2,12,13,17)/t6?,8-/m1/s1. The van der Waals surface area contributed by atoms with Gasteiger partial charge in [0.1, 0.15) is 6.04 Å². The van der Waals surface area contributed by atoms with E-state index >= 15 is 0 Å². The quantitative estimate of drug-likeness (QED) is 0.511. The minimum absolute atomic E-state index is 0.00678. The summed E-state index contributed by atoms with van der Waals surface area (Å²) in [5, 5.41) is 13.6. The Morgan fingerprint density at radius 3 is 2.06 bits per heavy atom. The molecule has 0 aromatic carbocycles. The number of carbonyl (C=O) groups excluding carboxylic acids is 2. The number of carboxylic acids is 1. The van der Waals surface area contributed by atoms with E-state index in [1.54, 1.807) is 20.8 Å². The lowest BCUT2D eigenvalue weighted by Crippen LogP contribution is -2.51. The van der Waals surface area contributed by atoms with Gasteiger partial charge in [-0.3, -0.25) is 4.79 Å². The Balaban J connectivity index is 4.24. The summed E-state index contributed by atoms with van der Waals surface area (Å²) in [5.41, 5.74) is 4.96. The minimum atomic E-state index is -1.10. The zero-order valence-electron chi connectivity index (χ0n) is 10.2. The molecule has 7 nitrogen and oxygen atoms in total. The molecule has 17 heavy (non-hydrogen) atoms. The summed E-state index contributed by atoms with van der Waals surface area (Å²) >= 11 is 0. The van der Waals surface area contributed by atoms with E-state index < -0.39 is 30.0 Å². The molecule has 0 rings (SSSR count). The van der Waals surface area contributed by atoms with Crippen LogP contribution in [0.3, 0.4) is 0 Å². The van der Waals surface area contributed by atoms with E-state index in [-0.39, 0.29) is 12.3 Å².